The number of amides is 1. The van der Waals surface area contributed by atoms with E-state index in [1.54, 1.807) is 25.3 Å². The molecule has 0 bridgehead atoms. The van der Waals surface area contributed by atoms with Crippen molar-refractivity contribution >= 4 is 35.8 Å². The molecule has 0 aliphatic carbocycles. The average Bonchev–Trinajstić information content (AvgIpc) is 2.78. The van der Waals surface area contributed by atoms with Crippen LogP contribution in [-0.2, 0) is 0 Å². The summed E-state index contributed by atoms with van der Waals surface area (Å²) in [6.45, 7) is 6.96. The second kappa shape index (κ2) is 15.3. The molecule has 1 unspecified atom stereocenters. The van der Waals surface area contributed by atoms with Crippen LogP contribution in [0, 0.1) is 0 Å². The number of phenolic OH excluding ortho intramolecular Hbond substituents is 1. The second-order valence-electron chi connectivity index (χ2n) is 7.31. The van der Waals surface area contributed by atoms with Crippen LogP contribution < -0.4 is 20.7 Å². The van der Waals surface area contributed by atoms with Crippen molar-refractivity contribution in [1.82, 2.24) is 16.0 Å². The van der Waals surface area contributed by atoms with Crippen molar-refractivity contribution in [3.63, 3.8) is 0 Å². The van der Waals surface area contributed by atoms with Gasteiger partial charge in [-0.25, -0.2) is 0 Å². The molecule has 0 aromatic heterocycles. The molecular formula is C24H35IN4O3. The Morgan fingerprint density at radius 3 is 2.50 bits per heavy atom. The summed E-state index contributed by atoms with van der Waals surface area (Å²) in [5.41, 5.74) is 1.73. The summed E-state index contributed by atoms with van der Waals surface area (Å²) >= 11 is 0. The molecule has 0 aliphatic rings. The van der Waals surface area contributed by atoms with Gasteiger partial charge in [0, 0.05) is 31.7 Å². The van der Waals surface area contributed by atoms with E-state index in [2.05, 4.69) is 40.0 Å². The summed E-state index contributed by atoms with van der Waals surface area (Å²) in [7, 11) is 1.67. The van der Waals surface area contributed by atoms with E-state index in [9.17, 15) is 9.90 Å². The summed E-state index contributed by atoms with van der Waals surface area (Å²) in [4.78, 5) is 16.6. The van der Waals surface area contributed by atoms with Gasteiger partial charge in [0.25, 0.3) is 5.91 Å². The summed E-state index contributed by atoms with van der Waals surface area (Å²) in [5.74, 6) is 1.96. The number of hydrogen-bond acceptors (Lipinski definition) is 4. The second-order valence-corrected chi connectivity index (χ2v) is 7.31. The first-order chi connectivity index (χ1) is 15.0. The van der Waals surface area contributed by atoms with Gasteiger partial charge in [-0.15, -0.1) is 24.0 Å². The zero-order chi connectivity index (χ0) is 22.5. The van der Waals surface area contributed by atoms with Gasteiger partial charge >= 0.3 is 0 Å². The first-order valence-corrected chi connectivity index (χ1v) is 10.8. The van der Waals surface area contributed by atoms with Crippen LogP contribution >= 0.6 is 24.0 Å². The number of aromatic hydroxyl groups is 1. The number of ether oxygens (including phenoxy) is 1. The fourth-order valence-corrected chi connectivity index (χ4v) is 3.07. The molecule has 2 aromatic rings. The highest BCUT2D eigenvalue weighted by Crippen LogP contribution is 2.21. The summed E-state index contributed by atoms with van der Waals surface area (Å²) < 4.78 is 5.21. The number of nitrogens with one attached hydrogen (secondary N) is 3. The van der Waals surface area contributed by atoms with Gasteiger partial charge in [0.15, 0.2) is 5.96 Å². The van der Waals surface area contributed by atoms with Crippen molar-refractivity contribution in [3.05, 3.63) is 59.7 Å². The quantitative estimate of drug-likeness (QED) is 0.146. The van der Waals surface area contributed by atoms with E-state index in [4.69, 9.17) is 4.74 Å². The molecule has 1 amide bonds. The number of aliphatic imine (C=N–C) groups is 1. The molecule has 1 atom stereocenters. The molecule has 4 N–H and O–H groups in total. The van der Waals surface area contributed by atoms with Crippen LogP contribution in [0.5, 0.6) is 11.5 Å². The topological polar surface area (TPSA) is 95.0 Å². The minimum absolute atomic E-state index is 0. The van der Waals surface area contributed by atoms with Crippen molar-refractivity contribution in [2.75, 3.05) is 33.3 Å². The molecule has 176 valence electrons. The number of phenols is 1. The van der Waals surface area contributed by atoms with Gasteiger partial charge in [-0.3, -0.25) is 9.79 Å². The van der Waals surface area contributed by atoms with Crippen molar-refractivity contribution in [3.8, 4) is 11.5 Å². The zero-order valence-corrected chi connectivity index (χ0v) is 21.4. The minimum atomic E-state index is -0.197. The molecule has 0 heterocycles. The van der Waals surface area contributed by atoms with Crippen LogP contribution in [0.2, 0.25) is 0 Å². The van der Waals surface area contributed by atoms with Gasteiger partial charge in [0.05, 0.1) is 7.11 Å². The zero-order valence-electron chi connectivity index (χ0n) is 19.1. The van der Waals surface area contributed by atoms with Gasteiger partial charge in [0.2, 0.25) is 0 Å². The molecule has 2 aromatic carbocycles. The lowest BCUT2D eigenvalue weighted by Gasteiger charge is -2.15. The number of nitrogens with zero attached hydrogens (tertiary/aromatic N) is 1. The molecule has 32 heavy (non-hydrogen) atoms. The number of carbonyl (C=O) groups is 1. The monoisotopic (exact) mass is 554 g/mol. The van der Waals surface area contributed by atoms with Crippen molar-refractivity contribution in [2.24, 2.45) is 4.99 Å². The lowest BCUT2D eigenvalue weighted by atomic mass is 9.98. The Hall–Kier alpha value is -2.49. The lowest BCUT2D eigenvalue weighted by Crippen LogP contribution is -2.38. The molecule has 0 saturated carbocycles. The van der Waals surface area contributed by atoms with Crippen molar-refractivity contribution in [1.29, 1.82) is 0 Å². The van der Waals surface area contributed by atoms with E-state index in [0.29, 0.717) is 24.6 Å². The molecule has 2 rings (SSSR count). The largest absolute Gasteiger partial charge is 0.508 e. The average molecular weight is 554 g/mol. The Morgan fingerprint density at radius 1 is 1.09 bits per heavy atom. The van der Waals surface area contributed by atoms with Crippen LogP contribution in [-0.4, -0.2) is 50.3 Å². The molecule has 7 nitrogen and oxygen atoms in total. The number of methoxy groups -OCH3 is 1. The van der Waals surface area contributed by atoms with Crippen LogP contribution in [0.15, 0.2) is 53.5 Å². The Bertz CT molecular complexity index is 843. The van der Waals surface area contributed by atoms with E-state index in [0.717, 1.165) is 37.6 Å². The Kier molecular flexibility index (Phi) is 13.2. The van der Waals surface area contributed by atoms with E-state index in [1.165, 1.54) is 11.6 Å². The maximum atomic E-state index is 12.1. The number of carbonyl (C=O) groups excluding carboxylic acids is 1. The minimum Gasteiger partial charge on any atom is -0.508 e. The highest BCUT2D eigenvalue weighted by molar-refractivity contribution is 14.0. The van der Waals surface area contributed by atoms with E-state index in [1.807, 2.05) is 19.1 Å². The molecule has 8 heteroatoms. The number of benzene rings is 2. The number of rotatable bonds is 11. The Labute approximate surface area is 208 Å². The number of halogens is 1. The Balaban J connectivity index is 0.00000512. The van der Waals surface area contributed by atoms with Gasteiger partial charge in [-0.2, -0.15) is 0 Å². The van der Waals surface area contributed by atoms with Crippen LogP contribution in [0.4, 0.5) is 0 Å². The van der Waals surface area contributed by atoms with Gasteiger partial charge in [0.1, 0.15) is 11.5 Å². The predicted molar refractivity (Wildman–Crippen MR) is 140 cm³/mol. The van der Waals surface area contributed by atoms with Crippen LogP contribution in [0.1, 0.15) is 48.5 Å². The Morgan fingerprint density at radius 2 is 1.84 bits per heavy atom. The lowest BCUT2D eigenvalue weighted by molar-refractivity contribution is 0.0953. The van der Waals surface area contributed by atoms with Crippen LogP contribution in [0.3, 0.4) is 0 Å². The third-order valence-electron chi connectivity index (χ3n) is 4.90. The molecule has 0 saturated heterocycles. The third-order valence-corrected chi connectivity index (χ3v) is 4.90. The fourth-order valence-electron chi connectivity index (χ4n) is 3.07. The molecule has 0 fully saturated rings. The van der Waals surface area contributed by atoms with Crippen molar-refractivity contribution < 1.29 is 14.6 Å². The smallest absolute Gasteiger partial charge is 0.251 e. The maximum absolute atomic E-state index is 12.1. The van der Waals surface area contributed by atoms with Gasteiger partial charge in [-0.1, -0.05) is 25.1 Å². The maximum Gasteiger partial charge on any atom is 0.251 e. The first-order valence-electron chi connectivity index (χ1n) is 10.8. The molecule has 0 spiro atoms. The van der Waals surface area contributed by atoms with E-state index in [-0.39, 0.29) is 35.6 Å². The summed E-state index contributed by atoms with van der Waals surface area (Å²) in [6.07, 6.45) is 1.71. The van der Waals surface area contributed by atoms with Crippen LogP contribution in [0.25, 0.3) is 0 Å². The predicted octanol–water partition coefficient (Wildman–Crippen LogP) is 3.89. The van der Waals surface area contributed by atoms with E-state index < -0.39 is 0 Å². The standard InChI is InChI=1S/C24H34N4O3.HI/c1-4-25-24(28-16-13-18(2)19-9-11-22(31-3)12-10-19)27-15-6-14-26-23(30)20-7-5-8-21(29)17-20;/h5,7-12,17-18,29H,4,6,13-16H2,1-3H3,(H,26,30)(H2,25,27,28);1H. The highest BCUT2D eigenvalue weighted by Gasteiger charge is 2.07. The van der Waals surface area contributed by atoms with Gasteiger partial charge in [-0.05, 0) is 61.6 Å². The van der Waals surface area contributed by atoms with Crippen molar-refractivity contribution in [2.45, 2.75) is 32.6 Å². The molecular weight excluding hydrogens is 519 g/mol. The molecule has 0 radical (unpaired) electrons. The SMILES string of the molecule is CCNC(=NCCCNC(=O)c1cccc(O)c1)NCCC(C)c1ccc(OC)cc1.I. The number of guanidine groups is 1. The first kappa shape index (κ1) is 27.5. The molecule has 0 aliphatic heterocycles. The fraction of sp³-hybridized carbons (Fsp3) is 0.417. The van der Waals surface area contributed by atoms with E-state index >= 15 is 0 Å². The normalized spacial score (nSPS) is 11.8. The summed E-state index contributed by atoms with van der Waals surface area (Å²) in [5, 5.41) is 18.9. The highest BCUT2D eigenvalue weighted by atomic mass is 127. The number of hydrogen-bond donors (Lipinski definition) is 4. The van der Waals surface area contributed by atoms with Gasteiger partial charge < -0.3 is 25.8 Å². The summed E-state index contributed by atoms with van der Waals surface area (Å²) in [6, 6.07) is 14.5. The third kappa shape index (κ3) is 9.76.